The molecular weight excluding hydrogens is 230 g/mol. The number of carbonyl (C=O) groups excluding carboxylic acids is 1. The van der Waals surface area contributed by atoms with E-state index in [-0.39, 0.29) is 5.15 Å². The predicted octanol–water partition coefficient (Wildman–Crippen LogP) is 2.70. The molecule has 0 aliphatic rings. The maximum absolute atomic E-state index is 11.1. The van der Waals surface area contributed by atoms with Crippen molar-refractivity contribution in [3.05, 3.63) is 10.0 Å². The van der Waals surface area contributed by atoms with E-state index >= 15 is 0 Å². The lowest BCUT2D eigenvalue weighted by atomic mass is 10.6. The van der Waals surface area contributed by atoms with Gasteiger partial charge in [-0.05, 0) is 5.75 Å². The van der Waals surface area contributed by atoms with Crippen LogP contribution in [0.25, 0.3) is 0 Å². The minimum atomic E-state index is -0.426. The van der Waals surface area contributed by atoms with Crippen LogP contribution in [0.3, 0.4) is 0 Å². The highest BCUT2D eigenvalue weighted by Crippen LogP contribution is 2.30. The molecule has 0 radical (unpaired) electrons. The van der Waals surface area contributed by atoms with E-state index in [1.807, 2.05) is 6.92 Å². The lowest BCUT2D eigenvalue weighted by Crippen LogP contribution is -1.98. The Hall–Kier alpha value is -0.260. The summed E-state index contributed by atoms with van der Waals surface area (Å²) in [4.78, 5) is 15.5. The van der Waals surface area contributed by atoms with Crippen molar-refractivity contribution in [3.63, 3.8) is 0 Å². The molecule has 0 N–H and O–H groups in total. The van der Waals surface area contributed by atoms with E-state index in [1.165, 1.54) is 18.4 Å². The summed E-state index contributed by atoms with van der Waals surface area (Å²) in [6, 6.07) is 0. The maximum Gasteiger partial charge on any atom is 0.351 e. The van der Waals surface area contributed by atoms with Crippen molar-refractivity contribution in [1.29, 1.82) is 0 Å². The van der Waals surface area contributed by atoms with Gasteiger partial charge in [0.2, 0.25) is 0 Å². The highest BCUT2D eigenvalue weighted by atomic mass is 35.5. The zero-order chi connectivity index (χ0) is 9.84. The van der Waals surface area contributed by atoms with Gasteiger partial charge in [-0.1, -0.05) is 41.6 Å². The topological polar surface area (TPSA) is 39.2 Å². The Bertz CT molecular complexity index is 313. The molecule has 1 rings (SSSR count). The van der Waals surface area contributed by atoms with Gasteiger partial charge in [0.25, 0.3) is 0 Å². The number of hydrogen-bond acceptors (Lipinski definition) is 5. The van der Waals surface area contributed by atoms with E-state index in [1.54, 1.807) is 11.8 Å². The molecule has 0 atom stereocenters. The number of methoxy groups -OCH3 is 1. The van der Waals surface area contributed by atoms with Crippen molar-refractivity contribution in [3.8, 4) is 0 Å². The van der Waals surface area contributed by atoms with Gasteiger partial charge in [0.1, 0.15) is 0 Å². The summed E-state index contributed by atoms with van der Waals surface area (Å²) in [5.41, 5.74) is 0. The van der Waals surface area contributed by atoms with Gasteiger partial charge < -0.3 is 4.74 Å². The van der Waals surface area contributed by atoms with Gasteiger partial charge >= 0.3 is 5.97 Å². The quantitative estimate of drug-likeness (QED) is 0.599. The number of hydrogen-bond donors (Lipinski definition) is 0. The summed E-state index contributed by atoms with van der Waals surface area (Å²) in [6.45, 7) is 2.01. The first-order valence-electron chi connectivity index (χ1n) is 3.56. The third-order valence-corrected chi connectivity index (χ3v) is 3.65. The lowest BCUT2D eigenvalue weighted by Gasteiger charge is -1.92. The predicted molar refractivity (Wildman–Crippen MR) is 54.9 cm³/mol. The maximum atomic E-state index is 11.1. The molecule has 13 heavy (non-hydrogen) atoms. The second-order valence-corrected chi connectivity index (χ2v) is 4.89. The molecule has 0 bridgehead atoms. The van der Waals surface area contributed by atoms with E-state index in [0.29, 0.717) is 4.88 Å². The number of esters is 1. The van der Waals surface area contributed by atoms with Crippen LogP contribution >= 0.6 is 34.7 Å². The standard InChI is InChI=1S/C7H8ClNO2S2/c1-3-12-7-9-5(8)4(13-7)6(10)11-2/h3H2,1-2H3. The SMILES string of the molecule is CCSc1nc(Cl)c(C(=O)OC)s1. The van der Waals surface area contributed by atoms with E-state index in [0.717, 1.165) is 10.1 Å². The highest BCUT2D eigenvalue weighted by Gasteiger charge is 2.16. The molecule has 3 nitrogen and oxygen atoms in total. The minimum Gasteiger partial charge on any atom is -0.465 e. The number of aromatic nitrogens is 1. The Kier molecular flexibility index (Phi) is 4.02. The van der Waals surface area contributed by atoms with Crippen LogP contribution in [0.15, 0.2) is 4.34 Å². The van der Waals surface area contributed by atoms with Crippen LogP contribution < -0.4 is 0 Å². The van der Waals surface area contributed by atoms with Gasteiger partial charge in [-0.25, -0.2) is 9.78 Å². The summed E-state index contributed by atoms with van der Waals surface area (Å²) in [7, 11) is 1.32. The van der Waals surface area contributed by atoms with Crippen molar-refractivity contribution in [1.82, 2.24) is 4.98 Å². The molecule has 1 aromatic heterocycles. The van der Waals surface area contributed by atoms with Crippen molar-refractivity contribution in [2.45, 2.75) is 11.3 Å². The van der Waals surface area contributed by atoms with Gasteiger partial charge in [0.15, 0.2) is 14.4 Å². The van der Waals surface area contributed by atoms with Crippen LogP contribution in [0.5, 0.6) is 0 Å². The molecule has 1 heterocycles. The van der Waals surface area contributed by atoms with E-state index in [4.69, 9.17) is 11.6 Å². The number of thioether (sulfide) groups is 1. The van der Waals surface area contributed by atoms with Gasteiger partial charge in [-0.2, -0.15) is 0 Å². The van der Waals surface area contributed by atoms with Gasteiger partial charge in [-0.3, -0.25) is 0 Å². The number of ether oxygens (including phenoxy) is 1. The number of thiazole rings is 1. The average molecular weight is 238 g/mol. The lowest BCUT2D eigenvalue weighted by molar-refractivity contribution is 0.0606. The fraction of sp³-hybridized carbons (Fsp3) is 0.429. The zero-order valence-corrected chi connectivity index (χ0v) is 9.55. The molecule has 72 valence electrons. The van der Waals surface area contributed by atoms with Crippen molar-refractivity contribution >= 4 is 40.7 Å². The molecule has 0 unspecified atom stereocenters. The van der Waals surface area contributed by atoms with Gasteiger partial charge in [0.05, 0.1) is 7.11 Å². The molecule has 0 fully saturated rings. The third kappa shape index (κ3) is 2.59. The fourth-order valence-electron chi connectivity index (χ4n) is 0.687. The molecule has 6 heteroatoms. The zero-order valence-electron chi connectivity index (χ0n) is 7.17. The monoisotopic (exact) mass is 237 g/mol. The molecular formula is C7H8ClNO2S2. The average Bonchev–Trinajstić information content (AvgIpc) is 2.46. The highest BCUT2D eigenvalue weighted by molar-refractivity contribution is 8.01. The summed E-state index contributed by atoms with van der Waals surface area (Å²) in [6.07, 6.45) is 0. The summed E-state index contributed by atoms with van der Waals surface area (Å²) in [5.74, 6) is 0.482. The normalized spacial score (nSPS) is 10.1. The van der Waals surface area contributed by atoms with E-state index < -0.39 is 5.97 Å². The van der Waals surface area contributed by atoms with Crippen molar-refractivity contribution < 1.29 is 9.53 Å². The number of nitrogens with zero attached hydrogens (tertiary/aromatic N) is 1. The second-order valence-electron chi connectivity index (χ2n) is 2.02. The molecule has 0 aliphatic carbocycles. The van der Waals surface area contributed by atoms with Crippen molar-refractivity contribution in [2.75, 3.05) is 12.9 Å². The van der Waals surface area contributed by atoms with Crippen LogP contribution in [0.1, 0.15) is 16.6 Å². The number of halogens is 1. The molecule has 0 spiro atoms. The molecule has 0 aromatic carbocycles. The van der Waals surface area contributed by atoms with Crippen LogP contribution in [0.4, 0.5) is 0 Å². The van der Waals surface area contributed by atoms with Crippen LogP contribution in [-0.4, -0.2) is 23.8 Å². The minimum absolute atomic E-state index is 0.229. The summed E-state index contributed by atoms with van der Waals surface area (Å²) >= 11 is 8.55. The largest absolute Gasteiger partial charge is 0.465 e. The fourth-order valence-corrected chi connectivity index (χ4v) is 2.91. The molecule has 0 saturated carbocycles. The Morgan fingerprint density at radius 3 is 3.00 bits per heavy atom. The Balaban J connectivity index is 2.89. The van der Waals surface area contributed by atoms with Gasteiger partial charge in [-0.15, -0.1) is 0 Å². The Labute approximate surface area is 89.5 Å². The van der Waals surface area contributed by atoms with E-state index in [2.05, 4.69) is 9.72 Å². The molecule has 0 saturated heterocycles. The van der Waals surface area contributed by atoms with Crippen LogP contribution in [0.2, 0.25) is 5.15 Å². The number of carbonyl (C=O) groups is 1. The first-order chi connectivity index (χ1) is 6.19. The Morgan fingerprint density at radius 1 is 1.77 bits per heavy atom. The third-order valence-electron chi connectivity index (χ3n) is 1.20. The summed E-state index contributed by atoms with van der Waals surface area (Å²) in [5, 5.41) is 0.229. The first-order valence-corrected chi connectivity index (χ1v) is 5.74. The van der Waals surface area contributed by atoms with Crippen LogP contribution in [0, 0.1) is 0 Å². The second kappa shape index (κ2) is 4.83. The molecule has 0 amide bonds. The summed E-state index contributed by atoms with van der Waals surface area (Å²) < 4.78 is 5.35. The van der Waals surface area contributed by atoms with Crippen LogP contribution in [-0.2, 0) is 4.74 Å². The van der Waals surface area contributed by atoms with Crippen molar-refractivity contribution in [2.24, 2.45) is 0 Å². The van der Waals surface area contributed by atoms with Gasteiger partial charge in [0, 0.05) is 0 Å². The van der Waals surface area contributed by atoms with E-state index in [9.17, 15) is 4.79 Å². The first kappa shape index (κ1) is 10.8. The number of rotatable bonds is 3. The molecule has 1 aromatic rings. The smallest absolute Gasteiger partial charge is 0.351 e. The Morgan fingerprint density at radius 2 is 2.46 bits per heavy atom. The molecule has 0 aliphatic heterocycles.